The highest BCUT2D eigenvalue weighted by Crippen LogP contribution is 2.16. The Morgan fingerprint density at radius 1 is 1.62 bits per heavy atom. The molecule has 0 bridgehead atoms. The van der Waals surface area contributed by atoms with Crippen LogP contribution in [0.2, 0.25) is 0 Å². The van der Waals surface area contributed by atoms with Crippen LogP contribution in [0, 0.1) is 5.82 Å². The van der Waals surface area contributed by atoms with Gasteiger partial charge < -0.3 is 9.94 Å². The average Bonchev–Trinajstić information content (AvgIpc) is 2.24. The zero-order chi connectivity index (χ0) is 12.1. The van der Waals surface area contributed by atoms with Crippen molar-refractivity contribution in [3.8, 4) is 0 Å². The molecule has 0 aromatic heterocycles. The van der Waals surface area contributed by atoms with Crippen molar-refractivity contribution >= 4 is 27.6 Å². The molecule has 0 saturated carbocycles. The molecule has 1 rings (SSSR count). The van der Waals surface area contributed by atoms with E-state index in [0.29, 0.717) is 4.47 Å². The van der Waals surface area contributed by atoms with Gasteiger partial charge in [0.2, 0.25) is 0 Å². The summed E-state index contributed by atoms with van der Waals surface area (Å²) >= 11 is 3.13. The lowest BCUT2D eigenvalue weighted by molar-refractivity contribution is -0.135. The molecule has 4 nitrogen and oxygen atoms in total. The minimum absolute atomic E-state index is 0.115. The summed E-state index contributed by atoms with van der Waals surface area (Å²) in [5.74, 6) is -1.54. The Morgan fingerprint density at radius 2 is 2.31 bits per heavy atom. The van der Waals surface area contributed by atoms with Crippen LogP contribution in [0.15, 0.2) is 27.8 Å². The molecule has 1 aromatic rings. The third-order valence-corrected chi connectivity index (χ3v) is 2.25. The first-order valence-corrected chi connectivity index (χ1v) is 5.24. The second-order valence-corrected chi connectivity index (χ2v) is 3.71. The van der Waals surface area contributed by atoms with Gasteiger partial charge in [-0.2, -0.15) is 0 Å². The fraction of sp³-hybridized carbons (Fsp3) is 0.200. The lowest BCUT2D eigenvalue weighted by Gasteiger charge is -2.05. The number of carbonyl (C=O) groups is 1. The topological polar surface area (TPSA) is 58.9 Å². The van der Waals surface area contributed by atoms with Crippen LogP contribution >= 0.6 is 15.9 Å². The molecule has 0 spiro atoms. The number of ether oxygens (including phenoxy) is 1. The maximum Gasteiger partial charge on any atom is 0.361 e. The molecule has 0 saturated heterocycles. The minimum atomic E-state index is -0.873. The SMILES string of the molecule is CCOC(=O)C(=NO)c1cc(Br)ccc1F. The van der Waals surface area contributed by atoms with Gasteiger partial charge in [-0.25, -0.2) is 9.18 Å². The van der Waals surface area contributed by atoms with Crippen molar-refractivity contribution in [1.82, 2.24) is 0 Å². The van der Waals surface area contributed by atoms with E-state index in [1.807, 2.05) is 0 Å². The van der Waals surface area contributed by atoms with Crippen LogP contribution < -0.4 is 0 Å². The van der Waals surface area contributed by atoms with Gasteiger partial charge in [-0.15, -0.1) is 0 Å². The van der Waals surface area contributed by atoms with Gasteiger partial charge in [0.1, 0.15) is 5.82 Å². The predicted molar refractivity (Wildman–Crippen MR) is 59.1 cm³/mol. The number of rotatable bonds is 3. The van der Waals surface area contributed by atoms with E-state index in [0.717, 1.165) is 6.07 Å². The molecule has 16 heavy (non-hydrogen) atoms. The molecular formula is C10H9BrFNO3. The van der Waals surface area contributed by atoms with Gasteiger partial charge in [-0.3, -0.25) is 0 Å². The van der Waals surface area contributed by atoms with Gasteiger partial charge >= 0.3 is 5.97 Å². The summed E-state index contributed by atoms with van der Waals surface area (Å²) in [6.07, 6.45) is 0. The van der Waals surface area contributed by atoms with Crippen molar-refractivity contribution in [2.24, 2.45) is 5.16 Å². The van der Waals surface area contributed by atoms with Gasteiger partial charge in [0.25, 0.3) is 0 Å². The van der Waals surface area contributed by atoms with Crippen LogP contribution in [0.1, 0.15) is 12.5 Å². The zero-order valence-electron chi connectivity index (χ0n) is 8.41. The van der Waals surface area contributed by atoms with Gasteiger partial charge in [0, 0.05) is 10.0 Å². The Morgan fingerprint density at radius 3 is 2.88 bits per heavy atom. The largest absolute Gasteiger partial charge is 0.461 e. The highest BCUT2D eigenvalue weighted by Gasteiger charge is 2.20. The van der Waals surface area contributed by atoms with Gasteiger partial charge in [-0.05, 0) is 25.1 Å². The van der Waals surface area contributed by atoms with Crippen molar-refractivity contribution in [3.63, 3.8) is 0 Å². The molecule has 0 radical (unpaired) electrons. The van der Waals surface area contributed by atoms with Crippen molar-refractivity contribution in [3.05, 3.63) is 34.1 Å². The Bertz CT molecular complexity index is 434. The second kappa shape index (κ2) is 5.60. The minimum Gasteiger partial charge on any atom is -0.461 e. The number of esters is 1. The molecule has 0 amide bonds. The Kier molecular flexibility index (Phi) is 4.42. The summed E-state index contributed by atoms with van der Waals surface area (Å²) in [5, 5.41) is 11.5. The summed E-state index contributed by atoms with van der Waals surface area (Å²) in [5.41, 5.74) is -0.573. The number of hydrogen-bond acceptors (Lipinski definition) is 4. The van der Waals surface area contributed by atoms with Crippen molar-refractivity contribution in [1.29, 1.82) is 0 Å². The van der Waals surface area contributed by atoms with E-state index in [1.54, 1.807) is 6.92 Å². The molecule has 1 N–H and O–H groups in total. The predicted octanol–water partition coefficient (Wildman–Crippen LogP) is 2.33. The normalized spacial score (nSPS) is 11.3. The first-order chi connectivity index (χ1) is 7.60. The standard InChI is InChI=1S/C10H9BrFNO3/c1-2-16-10(14)9(13-15)7-5-6(11)3-4-8(7)12/h3-5,15H,2H2,1H3. The highest BCUT2D eigenvalue weighted by molar-refractivity contribution is 9.10. The molecule has 0 heterocycles. The molecule has 0 unspecified atom stereocenters. The number of benzene rings is 1. The fourth-order valence-electron chi connectivity index (χ4n) is 1.08. The third kappa shape index (κ3) is 2.79. The Hall–Kier alpha value is -1.43. The van der Waals surface area contributed by atoms with Crippen LogP contribution in [0.5, 0.6) is 0 Å². The van der Waals surface area contributed by atoms with Crippen LogP contribution in [0.3, 0.4) is 0 Å². The summed E-state index contributed by atoms with van der Waals surface area (Å²) in [6, 6.07) is 3.96. The second-order valence-electron chi connectivity index (χ2n) is 2.79. The molecular weight excluding hydrogens is 281 g/mol. The quantitative estimate of drug-likeness (QED) is 0.402. The van der Waals surface area contributed by atoms with Crippen LogP contribution in [0.4, 0.5) is 4.39 Å². The van der Waals surface area contributed by atoms with Crippen molar-refractivity contribution in [2.45, 2.75) is 6.92 Å². The van der Waals surface area contributed by atoms with E-state index in [4.69, 9.17) is 5.21 Å². The number of nitrogens with zero attached hydrogens (tertiary/aromatic N) is 1. The molecule has 0 fully saturated rings. The fourth-order valence-corrected chi connectivity index (χ4v) is 1.44. The number of carbonyl (C=O) groups excluding carboxylic acids is 1. The van der Waals surface area contributed by atoms with Gasteiger partial charge in [0.15, 0.2) is 5.71 Å². The molecule has 6 heteroatoms. The first kappa shape index (κ1) is 12.6. The molecule has 86 valence electrons. The van der Waals surface area contributed by atoms with E-state index in [1.165, 1.54) is 12.1 Å². The lowest BCUT2D eigenvalue weighted by atomic mass is 10.1. The van der Waals surface area contributed by atoms with E-state index >= 15 is 0 Å². The Balaban J connectivity index is 3.14. The number of halogens is 2. The maximum absolute atomic E-state index is 13.4. The average molecular weight is 290 g/mol. The van der Waals surface area contributed by atoms with E-state index in [2.05, 4.69) is 25.8 Å². The lowest BCUT2D eigenvalue weighted by Crippen LogP contribution is -2.20. The van der Waals surface area contributed by atoms with E-state index in [-0.39, 0.29) is 12.2 Å². The molecule has 0 atom stereocenters. The van der Waals surface area contributed by atoms with Gasteiger partial charge in [0.05, 0.1) is 6.61 Å². The molecule has 1 aromatic carbocycles. The molecule has 0 aliphatic carbocycles. The van der Waals surface area contributed by atoms with Crippen molar-refractivity contribution < 1.29 is 19.1 Å². The van der Waals surface area contributed by atoms with E-state index in [9.17, 15) is 9.18 Å². The molecule has 0 aliphatic rings. The smallest absolute Gasteiger partial charge is 0.361 e. The maximum atomic E-state index is 13.4. The highest BCUT2D eigenvalue weighted by atomic mass is 79.9. The van der Waals surface area contributed by atoms with Crippen LogP contribution in [-0.2, 0) is 9.53 Å². The van der Waals surface area contributed by atoms with Gasteiger partial charge in [-0.1, -0.05) is 21.1 Å². The third-order valence-electron chi connectivity index (χ3n) is 1.75. The van der Waals surface area contributed by atoms with E-state index < -0.39 is 17.5 Å². The number of oxime groups is 1. The summed E-state index contributed by atoms with van der Waals surface area (Å²) in [7, 11) is 0. The van der Waals surface area contributed by atoms with Crippen molar-refractivity contribution in [2.75, 3.05) is 6.61 Å². The monoisotopic (exact) mass is 289 g/mol. The molecule has 0 aliphatic heterocycles. The zero-order valence-corrected chi connectivity index (χ0v) is 9.99. The summed E-state index contributed by atoms with van der Waals surface area (Å²) < 4.78 is 18.6. The first-order valence-electron chi connectivity index (χ1n) is 4.44. The number of hydrogen-bond donors (Lipinski definition) is 1. The van der Waals surface area contributed by atoms with Crippen LogP contribution in [-0.4, -0.2) is 23.5 Å². The summed E-state index contributed by atoms with van der Waals surface area (Å²) in [6.45, 7) is 1.72. The summed E-state index contributed by atoms with van der Waals surface area (Å²) in [4.78, 5) is 11.3. The Labute approximate surface area is 99.8 Å². The van der Waals surface area contributed by atoms with Crippen LogP contribution in [0.25, 0.3) is 0 Å².